The summed E-state index contributed by atoms with van der Waals surface area (Å²) in [6.07, 6.45) is 2.26. The van der Waals surface area contributed by atoms with E-state index < -0.39 is 5.97 Å². The second-order valence-electron chi connectivity index (χ2n) is 3.86. The van der Waals surface area contributed by atoms with Crippen LogP contribution < -0.4 is 0 Å². The number of hydrogen-bond donors (Lipinski definition) is 1. The largest absolute Gasteiger partial charge is 0.481 e. The van der Waals surface area contributed by atoms with E-state index in [9.17, 15) is 4.79 Å². The van der Waals surface area contributed by atoms with Gasteiger partial charge in [0.1, 0.15) is 0 Å². The Balaban J connectivity index is 2.22. The molecule has 3 heteroatoms. The summed E-state index contributed by atoms with van der Waals surface area (Å²) in [4.78, 5) is 10.7. The predicted molar refractivity (Wildman–Crippen MR) is 57.3 cm³/mol. The Morgan fingerprint density at radius 1 is 1.36 bits per heavy atom. The maximum Gasteiger partial charge on any atom is 0.304 e. The molecule has 1 N–H and O–H groups in total. The normalized spacial score (nSPS) is 17.8. The van der Waals surface area contributed by atoms with E-state index in [1.807, 2.05) is 24.3 Å². The zero-order chi connectivity index (χ0) is 10.2. The van der Waals surface area contributed by atoms with Crippen molar-refractivity contribution in [3.63, 3.8) is 0 Å². The van der Waals surface area contributed by atoms with Crippen LogP contribution in [0.3, 0.4) is 0 Å². The van der Waals surface area contributed by atoms with Gasteiger partial charge in [0.2, 0.25) is 0 Å². The molecule has 0 aliphatic heterocycles. The van der Waals surface area contributed by atoms with Crippen LogP contribution in [0, 0.1) is 0 Å². The number of benzene rings is 1. The van der Waals surface area contributed by atoms with Crippen molar-refractivity contribution in [3.05, 3.63) is 34.3 Å². The van der Waals surface area contributed by atoms with Gasteiger partial charge in [0, 0.05) is 9.89 Å². The van der Waals surface area contributed by atoms with Crippen LogP contribution in [0.15, 0.2) is 28.7 Å². The number of carboxylic acid groups (broad SMARTS) is 1. The first-order valence-electron chi connectivity index (χ1n) is 4.60. The summed E-state index contributed by atoms with van der Waals surface area (Å²) in [5, 5.41) is 8.80. The molecule has 0 heterocycles. The Labute approximate surface area is 91.1 Å². The molecule has 0 unspecified atom stereocenters. The molecule has 14 heavy (non-hydrogen) atoms. The van der Waals surface area contributed by atoms with Crippen LogP contribution in [0.2, 0.25) is 0 Å². The minimum Gasteiger partial charge on any atom is -0.481 e. The summed E-state index contributed by atoms with van der Waals surface area (Å²) in [7, 11) is 0. The van der Waals surface area contributed by atoms with Gasteiger partial charge in [0.25, 0.3) is 0 Å². The molecular weight excluding hydrogens is 244 g/mol. The predicted octanol–water partition coefficient (Wildman–Crippen LogP) is 2.96. The van der Waals surface area contributed by atoms with E-state index in [-0.39, 0.29) is 11.8 Å². The average molecular weight is 255 g/mol. The Morgan fingerprint density at radius 3 is 2.36 bits per heavy atom. The molecular formula is C11H11BrO2. The lowest BCUT2D eigenvalue weighted by Crippen LogP contribution is -2.12. The van der Waals surface area contributed by atoms with E-state index in [1.54, 1.807) is 0 Å². The summed E-state index contributed by atoms with van der Waals surface area (Å²) in [5.41, 5.74) is 1.09. The Kier molecular flexibility index (Phi) is 2.35. The fourth-order valence-electron chi connectivity index (χ4n) is 1.81. The molecule has 1 saturated carbocycles. The number of aliphatic carboxylic acids is 1. The smallest absolute Gasteiger partial charge is 0.304 e. The van der Waals surface area contributed by atoms with E-state index in [4.69, 9.17) is 5.11 Å². The number of carboxylic acids is 1. The minimum atomic E-state index is -0.703. The van der Waals surface area contributed by atoms with Gasteiger partial charge in [-0.25, -0.2) is 0 Å². The van der Waals surface area contributed by atoms with Gasteiger partial charge in [-0.3, -0.25) is 4.79 Å². The molecule has 1 fully saturated rings. The standard InChI is InChI=1S/C11H11BrO2/c12-9-3-1-8(2-4-9)11(5-6-11)7-10(13)14/h1-4H,5-7H2,(H,13,14). The van der Waals surface area contributed by atoms with Crippen molar-refractivity contribution in [3.8, 4) is 0 Å². The van der Waals surface area contributed by atoms with Crippen molar-refractivity contribution in [2.24, 2.45) is 0 Å². The Hall–Kier alpha value is -0.830. The van der Waals surface area contributed by atoms with E-state index >= 15 is 0 Å². The summed E-state index contributed by atoms with van der Waals surface area (Å²) < 4.78 is 1.03. The summed E-state index contributed by atoms with van der Waals surface area (Å²) in [6, 6.07) is 7.97. The van der Waals surface area contributed by atoms with Crippen LogP contribution in [0.5, 0.6) is 0 Å². The molecule has 0 radical (unpaired) electrons. The van der Waals surface area contributed by atoms with Crippen LogP contribution in [0.25, 0.3) is 0 Å². The zero-order valence-electron chi connectivity index (χ0n) is 7.66. The highest BCUT2D eigenvalue weighted by molar-refractivity contribution is 9.10. The van der Waals surface area contributed by atoms with E-state index in [0.29, 0.717) is 0 Å². The maximum absolute atomic E-state index is 10.7. The molecule has 1 aromatic rings. The highest BCUT2D eigenvalue weighted by Gasteiger charge is 2.45. The summed E-state index contributed by atoms with van der Waals surface area (Å²) >= 11 is 3.37. The molecule has 2 nitrogen and oxygen atoms in total. The molecule has 0 aromatic heterocycles. The van der Waals surface area contributed by atoms with Crippen molar-refractivity contribution in [1.29, 1.82) is 0 Å². The molecule has 0 amide bonds. The third-order valence-corrected chi connectivity index (χ3v) is 3.33. The van der Waals surface area contributed by atoms with E-state index in [2.05, 4.69) is 15.9 Å². The zero-order valence-corrected chi connectivity index (χ0v) is 9.25. The van der Waals surface area contributed by atoms with Crippen molar-refractivity contribution in [1.82, 2.24) is 0 Å². The topological polar surface area (TPSA) is 37.3 Å². The van der Waals surface area contributed by atoms with Gasteiger partial charge < -0.3 is 5.11 Å². The molecule has 0 bridgehead atoms. The lowest BCUT2D eigenvalue weighted by atomic mass is 9.93. The maximum atomic E-state index is 10.7. The van der Waals surface area contributed by atoms with Gasteiger partial charge in [-0.15, -0.1) is 0 Å². The van der Waals surface area contributed by atoms with Gasteiger partial charge >= 0.3 is 5.97 Å². The quantitative estimate of drug-likeness (QED) is 0.901. The van der Waals surface area contributed by atoms with Crippen LogP contribution in [-0.2, 0) is 10.2 Å². The molecule has 1 aromatic carbocycles. The van der Waals surface area contributed by atoms with Crippen LogP contribution in [-0.4, -0.2) is 11.1 Å². The molecule has 0 atom stereocenters. The second-order valence-corrected chi connectivity index (χ2v) is 4.77. The fourth-order valence-corrected chi connectivity index (χ4v) is 2.08. The minimum absolute atomic E-state index is 0.0630. The number of hydrogen-bond acceptors (Lipinski definition) is 1. The fraction of sp³-hybridized carbons (Fsp3) is 0.364. The lowest BCUT2D eigenvalue weighted by Gasteiger charge is -2.12. The SMILES string of the molecule is O=C(O)CC1(c2ccc(Br)cc2)CC1. The average Bonchev–Trinajstić information content (AvgIpc) is 2.85. The van der Waals surface area contributed by atoms with Crippen molar-refractivity contribution >= 4 is 21.9 Å². The highest BCUT2D eigenvalue weighted by Crippen LogP contribution is 2.51. The number of halogens is 1. The molecule has 1 aliphatic rings. The van der Waals surface area contributed by atoms with E-state index in [1.165, 1.54) is 0 Å². The molecule has 0 saturated heterocycles. The third-order valence-electron chi connectivity index (χ3n) is 2.80. The first kappa shape index (κ1) is 9.71. The van der Waals surface area contributed by atoms with Gasteiger partial charge in [0.15, 0.2) is 0 Å². The van der Waals surface area contributed by atoms with Crippen LogP contribution in [0.1, 0.15) is 24.8 Å². The van der Waals surface area contributed by atoms with Gasteiger partial charge in [-0.1, -0.05) is 28.1 Å². The van der Waals surface area contributed by atoms with E-state index in [0.717, 1.165) is 22.9 Å². The monoisotopic (exact) mass is 254 g/mol. The first-order chi connectivity index (χ1) is 6.62. The Morgan fingerprint density at radius 2 is 1.93 bits per heavy atom. The first-order valence-corrected chi connectivity index (χ1v) is 5.40. The highest BCUT2D eigenvalue weighted by atomic mass is 79.9. The van der Waals surface area contributed by atoms with Gasteiger partial charge in [-0.05, 0) is 30.5 Å². The second kappa shape index (κ2) is 3.39. The van der Waals surface area contributed by atoms with Crippen LogP contribution in [0.4, 0.5) is 0 Å². The molecule has 2 rings (SSSR count). The van der Waals surface area contributed by atoms with Gasteiger partial charge in [0.05, 0.1) is 6.42 Å². The number of carbonyl (C=O) groups is 1. The van der Waals surface area contributed by atoms with Crippen LogP contribution >= 0.6 is 15.9 Å². The van der Waals surface area contributed by atoms with Gasteiger partial charge in [-0.2, -0.15) is 0 Å². The third kappa shape index (κ3) is 1.82. The van der Waals surface area contributed by atoms with Crippen molar-refractivity contribution in [2.75, 3.05) is 0 Å². The number of rotatable bonds is 3. The van der Waals surface area contributed by atoms with Crippen molar-refractivity contribution in [2.45, 2.75) is 24.7 Å². The molecule has 74 valence electrons. The molecule has 0 spiro atoms. The summed E-state index contributed by atoms with van der Waals surface area (Å²) in [5.74, 6) is -0.703. The van der Waals surface area contributed by atoms with Crippen molar-refractivity contribution < 1.29 is 9.90 Å². The lowest BCUT2D eigenvalue weighted by molar-refractivity contribution is -0.137. The summed E-state index contributed by atoms with van der Waals surface area (Å²) in [6.45, 7) is 0. The molecule has 1 aliphatic carbocycles. The Bertz CT molecular complexity index is 352.